The van der Waals surface area contributed by atoms with Crippen molar-refractivity contribution in [3.8, 4) is 17.2 Å². The van der Waals surface area contributed by atoms with Crippen LogP contribution in [0.3, 0.4) is 0 Å². The third-order valence-electron chi connectivity index (χ3n) is 7.21. The zero-order valence-electron chi connectivity index (χ0n) is 23.6. The van der Waals surface area contributed by atoms with Gasteiger partial charge in [0.2, 0.25) is 0 Å². The molecule has 0 radical (unpaired) electrons. The Labute approximate surface area is 256 Å². The van der Waals surface area contributed by atoms with Crippen molar-refractivity contribution in [2.24, 2.45) is 5.92 Å². The molecule has 1 saturated carbocycles. The minimum absolute atomic E-state index is 0.00247. The van der Waals surface area contributed by atoms with E-state index in [-0.39, 0.29) is 28.4 Å². The Kier molecular flexibility index (Phi) is 11.5. The van der Waals surface area contributed by atoms with Crippen LogP contribution < -0.4 is 24.8 Å². The average molecular weight is 650 g/mol. The molecule has 0 amide bonds. The minimum atomic E-state index is -4.83. The Bertz CT molecular complexity index is 1240. The highest BCUT2D eigenvalue weighted by Crippen LogP contribution is 2.32. The lowest BCUT2D eigenvalue weighted by molar-refractivity contribution is -0.275. The van der Waals surface area contributed by atoms with Gasteiger partial charge in [-0.15, -0.1) is 26.3 Å². The number of rotatable bonds is 11. The largest absolute Gasteiger partial charge is 0.573 e. The van der Waals surface area contributed by atoms with E-state index in [4.69, 9.17) is 21.7 Å². The third-order valence-corrected chi connectivity index (χ3v) is 7.43. The number of Topliss-reactive ketones (excluding diaryl/α,β-unsaturated/α-hetero) is 1. The molecule has 4 rings (SSSR count). The van der Waals surface area contributed by atoms with Gasteiger partial charge in [0, 0.05) is 37.3 Å². The lowest BCUT2D eigenvalue weighted by atomic mass is 9.79. The van der Waals surface area contributed by atoms with E-state index >= 15 is 0 Å². The molecule has 1 heterocycles. The van der Waals surface area contributed by atoms with Crippen molar-refractivity contribution in [1.29, 1.82) is 0 Å². The number of carbonyl (C=O) groups excluding carboxylic acids is 1. The number of halogens is 6. The maximum atomic E-state index is 13.5. The first-order chi connectivity index (χ1) is 20.8. The topological polar surface area (TPSA) is 81.3 Å². The van der Waals surface area contributed by atoms with E-state index in [1.165, 1.54) is 30.3 Å². The Hall–Kier alpha value is -3.30. The number of anilines is 1. The fraction of sp³-hybridized carbons (Fsp3) is 0.517. The van der Waals surface area contributed by atoms with Crippen molar-refractivity contribution in [2.45, 2.75) is 57.0 Å². The molecule has 3 atom stereocenters. The Morgan fingerprint density at radius 3 is 2.27 bits per heavy atom. The Balaban J connectivity index is 1.37. The summed E-state index contributed by atoms with van der Waals surface area (Å²) in [4.78, 5) is 15.7. The lowest BCUT2D eigenvalue weighted by Crippen LogP contribution is -2.47. The molecule has 0 spiro atoms. The molecule has 8 nitrogen and oxygen atoms in total. The standard InChI is InChI=1S/C29H33F6N3O5S/c30-28(31,32)42-22-9-7-21(8-10-22)41-26-11-6-20(18-24(26)25(39)5-2-12-38-13-15-40-16-14-38)37-27(44)36-19-3-1-4-23(17-19)43-29(33,34)35/h1,3-4,7-10,17,20,24,26H,2,5-6,11-16,18H2,(H2,36,37,44). The molecule has 242 valence electrons. The second kappa shape index (κ2) is 15.1. The van der Waals surface area contributed by atoms with Crippen molar-refractivity contribution in [3.05, 3.63) is 48.5 Å². The molecule has 3 unspecified atom stereocenters. The number of hydrogen-bond donors (Lipinski definition) is 2. The summed E-state index contributed by atoms with van der Waals surface area (Å²) >= 11 is 5.39. The van der Waals surface area contributed by atoms with Gasteiger partial charge in [-0.3, -0.25) is 9.69 Å². The highest BCUT2D eigenvalue weighted by Gasteiger charge is 2.37. The summed E-state index contributed by atoms with van der Waals surface area (Å²) in [6.07, 6.45) is -7.82. The second-order valence-corrected chi connectivity index (χ2v) is 10.9. The van der Waals surface area contributed by atoms with Crippen LogP contribution in [-0.4, -0.2) is 73.5 Å². The van der Waals surface area contributed by atoms with Gasteiger partial charge in [0.05, 0.1) is 19.1 Å². The normalized spacial score (nSPS) is 21.3. The number of thiocarbonyl (C=S) groups is 1. The van der Waals surface area contributed by atoms with Crippen LogP contribution in [0.15, 0.2) is 48.5 Å². The van der Waals surface area contributed by atoms with Crippen LogP contribution in [0, 0.1) is 5.92 Å². The molecule has 44 heavy (non-hydrogen) atoms. The monoisotopic (exact) mass is 649 g/mol. The van der Waals surface area contributed by atoms with Gasteiger partial charge in [-0.2, -0.15) is 0 Å². The third kappa shape index (κ3) is 11.3. The van der Waals surface area contributed by atoms with Gasteiger partial charge in [-0.25, -0.2) is 0 Å². The smallest absolute Gasteiger partial charge is 0.490 e. The first-order valence-corrected chi connectivity index (χ1v) is 14.5. The van der Waals surface area contributed by atoms with Crippen molar-refractivity contribution in [2.75, 3.05) is 38.2 Å². The molecule has 1 aliphatic carbocycles. The lowest BCUT2D eigenvalue weighted by Gasteiger charge is -2.36. The number of hydrogen-bond acceptors (Lipinski definition) is 7. The molecule has 2 N–H and O–H groups in total. The summed E-state index contributed by atoms with van der Waals surface area (Å²) in [5, 5.41) is 6.16. The SMILES string of the molecule is O=C(CCCN1CCOCC1)C1CC(NC(=S)Nc2cccc(OC(F)(F)F)c2)CCC1Oc1ccc(OC(F)(F)F)cc1. The highest BCUT2D eigenvalue weighted by molar-refractivity contribution is 7.80. The van der Waals surface area contributed by atoms with Gasteiger partial charge < -0.3 is 29.6 Å². The van der Waals surface area contributed by atoms with Crippen molar-refractivity contribution < 1.29 is 50.1 Å². The number of nitrogens with one attached hydrogen (secondary N) is 2. The number of ketones is 1. The van der Waals surface area contributed by atoms with Gasteiger partial charge >= 0.3 is 12.7 Å². The second-order valence-electron chi connectivity index (χ2n) is 10.5. The predicted octanol–water partition coefficient (Wildman–Crippen LogP) is 6.07. The predicted molar refractivity (Wildman–Crippen MR) is 153 cm³/mol. The molecule has 0 bridgehead atoms. The fourth-order valence-corrected chi connectivity index (χ4v) is 5.54. The summed E-state index contributed by atoms with van der Waals surface area (Å²) in [6, 6.07) is 10.0. The van der Waals surface area contributed by atoms with E-state index in [1.54, 1.807) is 0 Å². The molecular weight excluding hydrogens is 616 g/mol. The van der Waals surface area contributed by atoms with E-state index in [1.807, 2.05) is 0 Å². The van der Waals surface area contributed by atoms with Crippen LogP contribution in [-0.2, 0) is 9.53 Å². The van der Waals surface area contributed by atoms with Gasteiger partial charge in [0.25, 0.3) is 0 Å². The average Bonchev–Trinajstić information content (AvgIpc) is 2.94. The van der Waals surface area contributed by atoms with Crippen molar-refractivity contribution in [1.82, 2.24) is 10.2 Å². The summed E-state index contributed by atoms with van der Waals surface area (Å²) in [6.45, 7) is 3.67. The van der Waals surface area contributed by atoms with Crippen molar-refractivity contribution in [3.63, 3.8) is 0 Å². The number of morpholine rings is 1. The number of benzene rings is 2. The molecule has 2 aromatic carbocycles. The fourth-order valence-electron chi connectivity index (χ4n) is 5.26. The molecule has 0 aromatic heterocycles. The van der Waals surface area contributed by atoms with E-state index in [2.05, 4.69) is 25.0 Å². The molecule has 1 saturated heterocycles. The van der Waals surface area contributed by atoms with Gasteiger partial charge in [0.15, 0.2) is 5.11 Å². The summed E-state index contributed by atoms with van der Waals surface area (Å²) in [5.74, 6) is -1.00. The van der Waals surface area contributed by atoms with Crippen LogP contribution >= 0.6 is 12.2 Å². The summed E-state index contributed by atoms with van der Waals surface area (Å²) in [7, 11) is 0. The molecule has 15 heteroatoms. The van der Waals surface area contributed by atoms with E-state index < -0.39 is 30.5 Å². The van der Waals surface area contributed by atoms with E-state index in [0.717, 1.165) is 37.8 Å². The number of ether oxygens (including phenoxy) is 4. The first-order valence-electron chi connectivity index (χ1n) is 14.1. The zero-order chi connectivity index (χ0) is 31.7. The van der Waals surface area contributed by atoms with E-state index in [9.17, 15) is 31.1 Å². The van der Waals surface area contributed by atoms with E-state index in [0.29, 0.717) is 51.1 Å². The number of carbonyl (C=O) groups is 1. The Morgan fingerprint density at radius 2 is 1.59 bits per heavy atom. The highest BCUT2D eigenvalue weighted by atomic mass is 32.1. The van der Waals surface area contributed by atoms with Crippen LogP contribution in [0.2, 0.25) is 0 Å². The zero-order valence-corrected chi connectivity index (χ0v) is 24.4. The van der Waals surface area contributed by atoms with Crippen LogP contribution in [0.4, 0.5) is 32.0 Å². The molecular formula is C29H33F6N3O5S. The first kappa shape index (κ1) is 33.6. The number of nitrogens with zero attached hydrogens (tertiary/aromatic N) is 1. The molecule has 2 aliphatic rings. The number of alkyl halides is 6. The summed E-state index contributed by atoms with van der Waals surface area (Å²) in [5.41, 5.74) is 0.287. The molecule has 1 aliphatic heterocycles. The maximum absolute atomic E-state index is 13.5. The molecule has 2 fully saturated rings. The molecule has 2 aromatic rings. The summed E-state index contributed by atoms with van der Waals surface area (Å²) < 4.78 is 94.7. The van der Waals surface area contributed by atoms with Crippen molar-refractivity contribution >= 4 is 28.8 Å². The Morgan fingerprint density at radius 1 is 0.932 bits per heavy atom. The van der Waals surface area contributed by atoms with Gasteiger partial charge in [-0.1, -0.05) is 6.07 Å². The minimum Gasteiger partial charge on any atom is -0.490 e. The van der Waals surface area contributed by atoms with Crippen LogP contribution in [0.25, 0.3) is 0 Å². The van der Waals surface area contributed by atoms with Crippen LogP contribution in [0.1, 0.15) is 32.1 Å². The quantitative estimate of drug-likeness (QED) is 0.223. The van der Waals surface area contributed by atoms with Gasteiger partial charge in [0.1, 0.15) is 29.1 Å². The van der Waals surface area contributed by atoms with Crippen LogP contribution in [0.5, 0.6) is 17.2 Å². The maximum Gasteiger partial charge on any atom is 0.573 e. The van der Waals surface area contributed by atoms with Gasteiger partial charge in [-0.05, 0) is 80.8 Å².